The van der Waals surface area contributed by atoms with E-state index >= 15 is 0 Å². The Balaban J connectivity index is 2.18. The van der Waals surface area contributed by atoms with Crippen molar-refractivity contribution in [3.05, 3.63) is 30.3 Å². The highest BCUT2D eigenvalue weighted by Gasteiger charge is 2.32. The lowest BCUT2D eigenvalue weighted by Gasteiger charge is -2.24. The predicted octanol–water partition coefficient (Wildman–Crippen LogP) is 1.23. The van der Waals surface area contributed by atoms with Crippen molar-refractivity contribution in [2.24, 2.45) is 11.7 Å². The molecule has 2 unspecified atom stereocenters. The molecular weight excluding hydrogens is 244 g/mol. The van der Waals surface area contributed by atoms with E-state index in [4.69, 9.17) is 10.8 Å². The van der Waals surface area contributed by atoms with Crippen LogP contribution in [0.5, 0.6) is 0 Å². The van der Waals surface area contributed by atoms with Crippen molar-refractivity contribution in [3.8, 4) is 0 Å². The third-order valence-corrected chi connectivity index (χ3v) is 3.45. The number of para-hydroxylation sites is 1. The quantitative estimate of drug-likeness (QED) is 0.855. The number of aliphatic carboxylic acids is 1. The molecule has 1 aromatic carbocycles. The normalized spacial score (nSPS) is 22.2. The zero-order chi connectivity index (χ0) is 13.8. The molecular formula is C14H18N2O3. The molecule has 0 spiro atoms. The molecule has 3 N–H and O–H groups in total. The highest BCUT2D eigenvalue weighted by atomic mass is 16.4. The second-order valence-electron chi connectivity index (χ2n) is 4.92. The standard InChI is InChI=1S/C14H18N2O3/c15-11-7-6-10(8-11)14(19)16(9-13(17)18)12-4-2-1-3-5-12/h1-5,10-11H,6-9,15H2,(H,17,18). The zero-order valence-corrected chi connectivity index (χ0v) is 10.7. The molecule has 1 saturated carbocycles. The number of carboxylic acids is 1. The monoisotopic (exact) mass is 262 g/mol. The molecule has 0 radical (unpaired) electrons. The molecule has 1 aromatic rings. The summed E-state index contributed by atoms with van der Waals surface area (Å²) in [6, 6.07) is 8.95. The summed E-state index contributed by atoms with van der Waals surface area (Å²) in [6.07, 6.45) is 2.21. The molecule has 5 heteroatoms. The number of hydrogen-bond donors (Lipinski definition) is 2. The van der Waals surface area contributed by atoms with Crippen LogP contribution < -0.4 is 10.6 Å². The first kappa shape index (κ1) is 13.5. The van der Waals surface area contributed by atoms with Gasteiger partial charge in [-0.15, -0.1) is 0 Å². The van der Waals surface area contributed by atoms with Crippen molar-refractivity contribution in [1.29, 1.82) is 0 Å². The van der Waals surface area contributed by atoms with Crippen LogP contribution in [0, 0.1) is 5.92 Å². The molecule has 1 aliphatic rings. The van der Waals surface area contributed by atoms with Gasteiger partial charge in [-0.2, -0.15) is 0 Å². The van der Waals surface area contributed by atoms with Crippen molar-refractivity contribution in [2.45, 2.75) is 25.3 Å². The number of rotatable bonds is 4. The van der Waals surface area contributed by atoms with Crippen LogP contribution >= 0.6 is 0 Å². The van der Waals surface area contributed by atoms with Crippen LogP contribution in [0.2, 0.25) is 0 Å². The van der Waals surface area contributed by atoms with Crippen LogP contribution in [0.4, 0.5) is 5.69 Å². The van der Waals surface area contributed by atoms with Gasteiger partial charge in [0.2, 0.25) is 5.91 Å². The van der Waals surface area contributed by atoms with Crippen LogP contribution in [-0.2, 0) is 9.59 Å². The smallest absolute Gasteiger partial charge is 0.323 e. The third kappa shape index (κ3) is 3.32. The third-order valence-electron chi connectivity index (χ3n) is 3.45. The number of amides is 1. The van der Waals surface area contributed by atoms with E-state index in [9.17, 15) is 9.59 Å². The average molecular weight is 262 g/mol. The minimum Gasteiger partial charge on any atom is -0.480 e. The number of carboxylic acid groups (broad SMARTS) is 1. The largest absolute Gasteiger partial charge is 0.480 e. The summed E-state index contributed by atoms with van der Waals surface area (Å²) in [7, 11) is 0. The van der Waals surface area contributed by atoms with Crippen molar-refractivity contribution >= 4 is 17.6 Å². The van der Waals surface area contributed by atoms with Gasteiger partial charge in [-0.3, -0.25) is 9.59 Å². The average Bonchev–Trinajstić information content (AvgIpc) is 2.83. The Labute approximate surface area is 112 Å². The van der Waals surface area contributed by atoms with E-state index in [1.54, 1.807) is 24.3 Å². The van der Waals surface area contributed by atoms with Gasteiger partial charge in [-0.05, 0) is 31.4 Å². The summed E-state index contributed by atoms with van der Waals surface area (Å²) in [6.45, 7) is -0.311. The molecule has 0 aromatic heterocycles. The number of carbonyl (C=O) groups is 2. The number of anilines is 1. The zero-order valence-electron chi connectivity index (χ0n) is 10.7. The lowest BCUT2D eigenvalue weighted by atomic mass is 10.1. The molecule has 102 valence electrons. The van der Waals surface area contributed by atoms with Crippen LogP contribution in [0.15, 0.2) is 30.3 Å². The van der Waals surface area contributed by atoms with Crippen LogP contribution in [0.1, 0.15) is 19.3 Å². The SMILES string of the molecule is NC1CCC(C(=O)N(CC(=O)O)c2ccccc2)C1. The number of benzene rings is 1. The van der Waals surface area contributed by atoms with E-state index < -0.39 is 5.97 Å². The van der Waals surface area contributed by atoms with Crippen molar-refractivity contribution in [1.82, 2.24) is 0 Å². The Morgan fingerprint density at radius 1 is 1.26 bits per heavy atom. The number of hydrogen-bond acceptors (Lipinski definition) is 3. The molecule has 2 rings (SSSR count). The Kier molecular flexibility index (Phi) is 4.16. The Morgan fingerprint density at radius 3 is 2.47 bits per heavy atom. The van der Waals surface area contributed by atoms with Crippen molar-refractivity contribution in [2.75, 3.05) is 11.4 Å². The summed E-state index contributed by atoms with van der Waals surface area (Å²) in [5, 5.41) is 8.97. The fraction of sp³-hybridized carbons (Fsp3) is 0.429. The summed E-state index contributed by atoms with van der Waals surface area (Å²) in [5.41, 5.74) is 6.44. The number of nitrogens with zero attached hydrogens (tertiary/aromatic N) is 1. The van der Waals surface area contributed by atoms with Gasteiger partial charge in [0, 0.05) is 17.6 Å². The molecule has 1 fully saturated rings. The highest BCUT2D eigenvalue weighted by molar-refractivity contribution is 5.98. The van der Waals surface area contributed by atoms with Gasteiger partial charge < -0.3 is 15.7 Å². The Bertz CT molecular complexity index is 461. The van der Waals surface area contributed by atoms with Gasteiger partial charge in [0.05, 0.1) is 0 Å². The van der Waals surface area contributed by atoms with Crippen molar-refractivity contribution < 1.29 is 14.7 Å². The molecule has 0 aliphatic heterocycles. The molecule has 1 amide bonds. The van der Waals surface area contributed by atoms with Gasteiger partial charge in [0.25, 0.3) is 0 Å². The highest BCUT2D eigenvalue weighted by Crippen LogP contribution is 2.28. The van der Waals surface area contributed by atoms with E-state index in [1.807, 2.05) is 6.07 Å². The first-order valence-electron chi connectivity index (χ1n) is 6.41. The maximum Gasteiger partial charge on any atom is 0.323 e. The molecule has 0 saturated heterocycles. The molecule has 0 heterocycles. The molecule has 1 aliphatic carbocycles. The molecule has 5 nitrogen and oxygen atoms in total. The van der Waals surface area contributed by atoms with Crippen LogP contribution in [-0.4, -0.2) is 29.6 Å². The van der Waals surface area contributed by atoms with E-state index in [2.05, 4.69) is 0 Å². The minimum atomic E-state index is -1.01. The van der Waals surface area contributed by atoms with E-state index in [1.165, 1.54) is 4.90 Å². The topological polar surface area (TPSA) is 83.6 Å². The van der Waals surface area contributed by atoms with Gasteiger partial charge in [-0.1, -0.05) is 18.2 Å². The fourth-order valence-electron chi connectivity index (χ4n) is 2.50. The Morgan fingerprint density at radius 2 is 1.95 bits per heavy atom. The maximum absolute atomic E-state index is 12.4. The van der Waals surface area contributed by atoms with Gasteiger partial charge in [0.1, 0.15) is 6.54 Å². The molecule has 19 heavy (non-hydrogen) atoms. The van der Waals surface area contributed by atoms with E-state index in [0.717, 1.165) is 12.8 Å². The number of carbonyl (C=O) groups excluding carboxylic acids is 1. The fourth-order valence-corrected chi connectivity index (χ4v) is 2.50. The second-order valence-corrected chi connectivity index (χ2v) is 4.92. The van der Waals surface area contributed by atoms with Crippen LogP contribution in [0.3, 0.4) is 0 Å². The van der Waals surface area contributed by atoms with E-state index in [0.29, 0.717) is 12.1 Å². The summed E-state index contributed by atoms with van der Waals surface area (Å²) in [5.74, 6) is -1.31. The lowest BCUT2D eigenvalue weighted by Crippen LogP contribution is -2.39. The van der Waals surface area contributed by atoms with Crippen molar-refractivity contribution in [3.63, 3.8) is 0 Å². The summed E-state index contributed by atoms with van der Waals surface area (Å²) >= 11 is 0. The predicted molar refractivity (Wildman–Crippen MR) is 71.7 cm³/mol. The molecule has 0 bridgehead atoms. The molecule has 2 atom stereocenters. The first-order valence-corrected chi connectivity index (χ1v) is 6.41. The first-order chi connectivity index (χ1) is 9.08. The Hall–Kier alpha value is -1.88. The summed E-state index contributed by atoms with van der Waals surface area (Å²) in [4.78, 5) is 24.7. The maximum atomic E-state index is 12.4. The van der Waals surface area contributed by atoms with Gasteiger partial charge in [0.15, 0.2) is 0 Å². The minimum absolute atomic E-state index is 0.0522. The number of nitrogens with two attached hydrogens (primary N) is 1. The van der Waals surface area contributed by atoms with Gasteiger partial charge in [-0.25, -0.2) is 0 Å². The summed E-state index contributed by atoms with van der Waals surface area (Å²) < 4.78 is 0. The second kappa shape index (κ2) is 5.84. The van der Waals surface area contributed by atoms with Gasteiger partial charge >= 0.3 is 5.97 Å². The lowest BCUT2D eigenvalue weighted by molar-refractivity contribution is -0.137. The van der Waals surface area contributed by atoms with Crippen LogP contribution in [0.25, 0.3) is 0 Å². The van der Waals surface area contributed by atoms with E-state index in [-0.39, 0.29) is 24.4 Å².